The van der Waals surface area contributed by atoms with Crippen LogP contribution in [0.25, 0.3) is 0 Å². The first-order valence-corrected chi connectivity index (χ1v) is 5.79. The van der Waals surface area contributed by atoms with Gasteiger partial charge in [0.15, 0.2) is 0 Å². The Morgan fingerprint density at radius 2 is 1.73 bits per heavy atom. The monoisotopic (exact) mass is 236 g/mol. The molecule has 0 aliphatic heterocycles. The average Bonchev–Trinajstić information content (AvgIpc) is 1.99. The predicted octanol–water partition coefficient (Wildman–Crippen LogP) is 0.665. The third-order valence-corrected chi connectivity index (χ3v) is 2.35. The lowest BCUT2D eigenvalue weighted by atomic mass is 10.3. The number of hydrogen-bond acceptors (Lipinski definition) is 3. The van der Waals surface area contributed by atoms with Crippen LogP contribution in [0.1, 0.15) is 0 Å². The highest BCUT2D eigenvalue weighted by molar-refractivity contribution is 7.89. The number of benzene rings is 1. The number of sulfonamides is 1. The topological polar surface area (TPSA) is 72.2 Å². The van der Waals surface area contributed by atoms with Gasteiger partial charge in [-0.1, -0.05) is 0 Å². The van der Waals surface area contributed by atoms with Crippen LogP contribution in [0.3, 0.4) is 0 Å². The van der Waals surface area contributed by atoms with Crippen LogP contribution in [0.15, 0.2) is 18.2 Å². The normalized spacial score (nSPS) is 11.4. The van der Waals surface area contributed by atoms with Crippen molar-refractivity contribution in [3.05, 3.63) is 29.8 Å². The molecule has 4 nitrogen and oxygen atoms in total. The molecule has 0 aliphatic carbocycles. The Bertz CT molecular complexity index is 428. The van der Waals surface area contributed by atoms with E-state index in [2.05, 4.69) is 5.32 Å². The summed E-state index contributed by atoms with van der Waals surface area (Å²) in [6.07, 6.45) is 0. The van der Waals surface area contributed by atoms with Gasteiger partial charge in [0.05, 0.1) is 5.75 Å². The van der Waals surface area contributed by atoms with E-state index in [4.69, 9.17) is 5.14 Å². The van der Waals surface area contributed by atoms with Crippen molar-refractivity contribution >= 4 is 15.7 Å². The summed E-state index contributed by atoms with van der Waals surface area (Å²) in [6.45, 7) is 0.00171. The molecule has 0 aromatic heterocycles. The van der Waals surface area contributed by atoms with Crippen molar-refractivity contribution in [2.24, 2.45) is 5.14 Å². The highest BCUT2D eigenvalue weighted by Crippen LogP contribution is 2.12. The SMILES string of the molecule is NS(=O)(=O)CCNc1cc(F)cc(F)c1. The van der Waals surface area contributed by atoms with Crippen molar-refractivity contribution in [2.75, 3.05) is 17.6 Å². The number of anilines is 1. The summed E-state index contributed by atoms with van der Waals surface area (Å²) < 4.78 is 46.4. The first-order valence-electron chi connectivity index (χ1n) is 4.07. The average molecular weight is 236 g/mol. The molecule has 3 N–H and O–H groups in total. The van der Waals surface area contributed by atoms with Crippen molar-refractivity contribution < 1.29 is 17.2 Å². The molecule has 0 amide bonds. The molecule has 7 heteroatoms. The number of nitrogens with one attached hydrogen (secondary N) is 1. The van der Waals surface area contributed by atoms with Gasteiger partial charge >= 0.3 is 0 Å². The molecule has 1 aromatic rings. The van der Waals surface area contributed by atoms with Gasteiger partial charge in [-0.05, 0) is 12.1 Å². The van der Waals surface area contributed by atoms with Crippen LogP contribution >= 0.6 is 0 Å². The number of halogens is 2. The van der Waals surface area contributed by atoms with Crippen LogP contribution in [0, 0.1) is 11.6 Å². The van der Waals surface area contributed by atoms with E-state index in [1.807, 2.05) is 0 Å². The second-order valence-corrected chi connectivity index (χ2v) is 4.69. The van der Waals surface area contributed by atoms with E-state index < -0.39 is 21.7 Å². The Labute approximate surface area is 86.1 Å². The maximum absolute atomic E-state index is 12.7. The minimum absolute atomic E-state index is 0.00171. The molecule has 0 radical (unpaired) electrons. The number of primary sulfonamides is 1. The molecular weight excluding hydrogens is 226 g/mol. The standard InChI is InChI=1S/C8H10F2N2O2S/c9-6-3-7(10)5-8(4-6)12-1-2-15(11,13)14/h3-5,12H,1-2H2,(H2,11,13,14). The zero-order chi connectivity index (χ0) is 11.5. The largest absolute Gasteiger partial charge is 0.384 e. The van der Waals surface area contributed by atoms with Crippen LogP contribution in [-0.4, -0.2) is 20.7 Å². The maximum atomic E-state index is 12.7. The lowest BCUT2D eigenvalue weighted by Crippen LogP contribution is -2.22. The summed E-state index contributed by atoms with van der Waals surface area (Å²) in [4.78, 5) is 0. The molecule has 1 rings (SSSR count). The molecule has 0 aliphatic rings. The smallest absolute Gasteiger partial charge is 0.210 e. The van der Waals surface area contributed by atoms with Gasteiger partial charge in [-0.25, -0.2) is 22.3 Å². The van der Waals surface area contributed by atoms with Crippen LogP contribution in [0.2, 0.25) is 0 Å². The van der Waals surface area contributed by atoms with E-state index in [1.165, 1.54) is 0 Å². The molecule has 0 saturated heterocycles. The van der Waals surface area contributed by atoms with E-state index in [9.17, 15) is 17.2 Å². The zero-order valence-electron chi connectivity index (χ0n) is 7.70. The van der Waals surface area contributed by atoms with Gasteiger partial charge in [0.1, 0.15) is 11.6 Å². The quantitative estimate of drug-likeness (QED) is 0.806. The lowest BCUT2D eigenvalue weighted by Gasteiger charge is -2.05. The van der Waals surface area contributed by atoms with Gasteiger partial charge in [-0.2, -0.15) is 0 Å². The van der Waals surface area contributed by atoms with Crippen LogP contribution in [0.5, 0.6) is 0 Å². The van der Waals surface area contributed by atoms with Gasteiger partial charge in [0, 0.05) is 18.3 Å². The Kier molecular flexibility index (Phi) is 3.59. The molecule has 0 heterocycles. The zero-order valence-corrected chi connectivity index (χ0v) is 8.52. The Morgan fingerprint density at radius 1 is 1.20 bits per heavy atom. The molecule has 0 saturated carbocycles. The first-order chi connectivity index (χ1) is 6.87. The molecule has 0 unspecified atom stereocenters. The number of rotatable bonds is 4. The van der Waals surface area contributed by atoms with Gasteiger partial charge in [-0.3, -0.25) is 0 Å². The lowest BCUT2D eigenvalue weighted by molar-refractivity contribution is 0.584. The van der Waals surface area contributed by atoms with Gasteiger partial charge < -0.3 is 5.32 Å². The minimum Gasteiger partial charge on any atom is -0.384 e. The van der Waals surface area contributed by atoms with Gasteiger partial charge in [0.25, 0.3) is 0 Å². The van der Waals surface area contributed by atoms with Gasteiger partial charge in [0.2, 0.25) is 10.0 Å². The summed E-state index contributed by atoms with van der Waals surface area (Å²) in [7, 11) is -3.56. The van der Waals surface area contributed by atoms with Crippen molar-refractivity contribution in [1.29, 1.82) is 0 Å². The molecule has 84 valence electrons. The molecule has 0 spiro atoms. The van der Waals surface area contributed by atoms with E-state index in [0.717, 1.165) is 18.2 Å². The van der Waals surface area contributed by atoms with Crippen molar-refractivity contribution in [3.8, 4) is 0 Å². The molecular formula is C8H10F2N2O2S. The van der Waals surface area contributed by atoms with E-state index in [1.54, 1.807) is 0 Å². The summed E-state index contributed by atoms with van der Waals surface area (Å²) in [6, 6.07) is 2.85. The fraction of sp³-hybridized carbons (Fsp3) is 0.250. The van der Waals surface area contributed by atoms with Crippen LogP contribution in [-0.2, 0) is 10.0 Å². The van der Waals surface area contributed by atoms with Gasteiger partial charge in [-0.15, -0.1) is 0 Å². The third-order valence-electron chi connectivity index (χ3n) is 1.58. The second-order valence-electron chi connectivity index (χ2n) is 2.95. The molecule has 0 atom stereocenters. The third kappa shape index (κ3) is 4.71. The van der Waals surface area contributed by atoms with E-state index in [-0.39, 0.29) is 18.0 Å². The molecule has 1 aromatic carbocycles. The number of hydrogen-bond donors (Lipinski definition) is 2. The Balaban J connectivity index is 2.58. The summed E-state index contributed by atoms with van der Waals surface area (Å²) in [5.41, 5.74) is 0.177. The maximum Gasteiger partial charge on any atom is 0.210 e. The molecule has 15 heavy (non-hydrogen) atoms. The molecule has 0 fully saturated rings. The summed E-state index contributed by atoms with van der Waals surface area (Å²) in [5, 5.41) is 7.29. The van der Waals surface area contributed by atoms with E-state index in [0.29, 0.717) is 0 Å². The highest BCUT2D eigenvalue weighted by Gasteiger charge is 2.03. The van der Waals surface area contributed by atoms with Crippen molar-refractivity contribution in [2.45, 2.75) is 0 Å². The Morgan fingerprint density at radius 3 is 2.20 bits per heavy atom. The summed E-state index contributed by atoms with van der Waals surface area (Å²) in [5.74, 6) is -1.76. The Hall–Kier alpha value is -1.21. The van der Waals surface area contributed by atoms with Crippen molar-refractivity contribution in [3.63, 3.8) is 0 Å². The van der Waals surface area contributed by atoms with Crippen molar-refractivity contribution in [1.82, 2.24) is 0 Å². The predicted molar refractivity (Wildman–Crippen MR) is 52.8 cm³/mol. The fourth-order valence-corrected chi connectivity index (χ4v) is 1.38. The van der Waals surface area contributed by atoms with Crippen LogP contribution in [0.4, 0.5) is 14.5 Å². The second kappa shape index (κ2) is 4.54. The molecule has 0 bridgehead atoms. The number of nitrogens with two attached hydrogens (primary N) is 1. The minimum atomic E-state index is -3.56. The van der Waals surface area contributed by atoms with E-state index >= 15 is 0 Å². The highest BCUT2D eigenvalue weighted by atomic mass is 32.2. The summed E-state index contributed by atoms with van der Waals surface area (Å²) >= 11 is 0. The first kappa shape index (κ1) is 11.9. The fourth-order valence-electron chi connectivity index (χ4n) is 0.994. The van der Waals surface area contributed by atoms with Crippen LogP contribution < -0.4 is 10.5 Å².